The Kier molecular flexibility index (Phi) is 10.4. The summed E-state index contributed by atoms with van der Waals surface area (Å²) in [4.78, 5) is 53.6. The molecule has 2 fully saturated rings. The fourth-order valence-electron chi connectivity index (χ4n) is 5.48. The smallest absolute Gasteiger partial charge is 0.405 e. The molecule has 0 bridgehead atoms. The highest BCUT2D eigenvalue weighted by Crippen LogP contribution is 2.33. The normalized spacial score (nSPS) is 27.2. The predicted octanol–water partition coefficient (Wildman–Crippen LogP) is 2.01. The maximum Gasteiger partial charge on any atom is 0.405 e. The Balaban J connectivity index is 1.93. The first kappa shape index (κ1) is 28.9. The van der Waals surface area contributed by atoms with Gasteiger partial charge in [0, 0.05) is 13.1 Å². The summed E-state index contributed by atoms with van der Waals surface area (Å²) < 4.78 is 33.5. The van der Waals surface area contributed by atoms with Gasteiger partial charge in [-0.1, -0.05) is 37.8 Å². The Morgan fingerprint density at radius 3 is 2.32 bits per heavy atom. The van der Waals surface area contributed by atoms with E-state index in [1.807, 2.05) is 6.08 Å². The molecule has 12 heteroatoms. The summed E-state index contributed by atoms with van der Waals surface area (Å²) in [6.45, 7) is 0.307. The number of allylic oxidation sites excluding steroid dienone is 2. The second-order valence-electron chi connectivity index (χ2n) is 10.1. The van der Waals surface area contributed by atoms with Gasteiger partial charge in [0.1, 0.15) is 0 Å². The number of ether oxygens (including phenoxy) is 1. The number of nitrogens with zero attached hydrogens (tertiary/aromatic N) is 1. The number of carbonyl (C=O) groups excluding carboxylic acids is 4. The molecule has 2 heterocycles. The molecule has 4 amide bonds. The Morgan fingerprint density at radius 2 is 1.62 bits per heavy atom. The van der Waals surface area contributed by atoms with E-state index < -0.39 is 50.7 Å². The molecule has 2 unspecified atom stereocenters. The third kappa shape index (κ3) is 7.24. The zero-order chi connectivity index (χ0) is 26.9. The number of rotatable bonds is 4. The van der Waals surface area contributed by atoms with E-state index in [4.69, 9.17) is 10.5 Å². The highest BCUT2D eigenvalue weighted by Gasteiger charge is 2.57. The van der Waals surface area contributed by atoms with E-state index in [-0.39, 0.29) is 25.9 Å². The highest BCUT2D eigenvalue weighted by atomic mass is 32.2. The van der Waals surface area contributed by atoms with E-state index in [9.17, 15) is 27.6 Å². The molecule has 4 N–H and O–H groups in total. The summed E-state index contributed by atoms with van der Waals surface area (Å²) in [7, 11) is -4.05. The fourth-order valence-corrected chi connectivity index (χ4v) is 7.03. The van der Waals surface area contributed by atoms with Gasteiger partial charge in [0.15, 0.2) is 6.10 Å². The molecular formula is C25H40N4O7S. The van der Waals surface area contributed by atoms with Gasteiger partial charge in [0.05, 0.1) is 5.25 Å². The minimum absolute atomic E-state index is 0.0419. The van der Waals surface area contributed by atoms with Crippen molar-refractivity contribution in [2.45, 2.75) is 107 Å². The van der Waals surface area contributed by atoms with Crippen molar-refractivity contribution in [2.75, 3.05) is 13.1 Å². The maximum absolute atomic E-state index is 13.7. The van der Waals surface area contributed by atoms with E-state index in [1.54, 1.807) is 0 Å². The molecule has 37 heavy (non-hydrogen) atoms. The van der Waals surface area contributed by atoms with Gasteiger partial charge in [-0.15, -0.1) is 0 Å². The minimum Gasteiger partial charge on any atom is -0.436 e. The second-order valence-corrected chi connectivity index (χ2v) is 12.1. The molecular weight excluding hydrogens is 500 g/mol. The first-order chi connectivity index (χ1) is 17.7. The van der Waals surface area contributed by atoms with Gasteiger partial charge < -0.3 is 20.7 Å². The standard InChI is InChI=1S/C25H40N4O7S/c26-24(33)36-20-15-10-5-3-1-2-4-6-11-17-27-22(31)25(16-12-18-29(25)21(20)30)23(32)28-37(34,35)19-13-8-7-9-14-19/h2,4,19-20H,1,3,5-18H2,(H2,26,33)(H,27,31)(H,28,32). The molecule has 0 aromatic heterocycles. The van der Waals surface area contributed by atoms with Crippen LogP contribution in [0, 0.1) is 0 Å². The predicted molar refractivity (Wildman–Crippen MR) is 137 cm³/mol. The van der Waals surface area contributed by atoms with Crippen molar-refractivity contribution in [1.82, 2.24) is 14.9 Å². The number of sulfonamides is 1. The minimum atomic E-state index is -4.05. The lowest BCUT2D eigenvalue weighted by Gasteiger charge is -2.37. The van der Waals surface area contributed by atoms with Gasteiger partial charge >= 0.3 is 6.09 Å². The van der Waals surface area contributed by atoms with E-state index in [1.165, 1.54) is 0 Å². The molecule has 0 aromatic rings. The molecule has 0 spiro atoms. The average molecular weight is 541 g/mol. The Hall–Kier alpha value is -2.63. The second kappa shape index (κ2) is 13.3. The van der Waals surface area contributed by atoms with Crippen LogP contribution in [0.2, 0.25) is 0 Å². The lowest BCUT2D eigenvalue weighted by molar-refractivity contribution is -0.157. The van der Waals surface area contributed by atoms with Crippen molar-refractivity contribution in [3.05, 3.63) is 12.2 Å². The van der Waals surface area contributed by atoms with Gasteiger partial charge in [-0.2, -0.15) is 0 Å². The summed E-state index contributed by atoms with van der Waals surface area (Å²) in [6.07, 6.45) is 9.99. The molecule has 2 atom stereocenters. The number of carbonyl (C=O) groups is 4. The molecule has 1 aliphatic carbocycles. The van der Waals surface area contributed by atoms with Crippen LogP contribution in [0.4, 0.5) is 4.79 Å². The van der Waals surface area contributed by atoms with E-state index in [0.29, 0.717) is 32.1 Å². The molecule has 11 nitrogen and oxygen atoms in total. The molecule has 1 saturated heterocycles. The van der Waals surface area contributed by atoms with E-state index in [2.05, 4.69) is 16.1 Å². The SMILES string of the molecule is NC(=O)OC1CCCCCC=CCCCNC(=O)C2(C(=O)NS(=O)(=O)C3CCCCC3)CCCN2C1=O. The Bertz CT molecular complexity index is 978. The summed E-state index contributed by atoms with van der Waals surface area (Å²) in [5, 5.41) is 2.02. The first-order valence-corrected chi connectivity index (χ1v) is 15.0. The zero-order valence-corrected chi connectivity index (χ0v) is 22.2. The monoisotopic (exact) mass is 540 g/mol. The number of nitrogens with two attached hydrogens (primary N) is 1. The van der Waals surface area contributed by atoms with Crippen LogP contribution in [-0.4, -0.2) is 67.1 Å². The van der Waals surface area contributed by atoms with Crippen molar-refractivity contribution in [1.29, 1.82) is 0 Å². The fraction of sp³-hybridized carbons (Fsp3) is 0.760. The van der Waals surface area contributed by atoms with E-state index in [0.717, 1.165) is 49.8 Å². The molecule has 0 aromatic carbocycles. The van der Waals surface area contributed by atoms with Crippen molar-refractivity contribution in [3.8, 4) is 0 Å². The van der Waals surface area contributed by atoms with Crippen LogP contribution >= 0.6 is 0 Å². The van der Waals surface area contributed by atoms with Crippen LogP contribution in [0.25, 0.3) is 0 Å². The van der Waals surface area contributed by atoms with Crippen molar-refractivity contribution >= 4 is 33.8 Å². The third-order valence-electron chi connectivity index (χ3n) is 7.50. The highest BCUT2D eigenvalue weighted by molar-refractivity contribution is 7.90. The van der Waals surface area contributed by atoms with Gasteiger partial charge in [-0.25, -0.2) is 13.2 Å². The van der Waals surface area contributed by atoms with Gasteiger partial charge in [-0.3, -0.25) is 19.1 Å². The van der Waals surface area contributed by atoms with E-state index >= 15 is 0 Å². The molecule has 3 rings (SSSR count). The third-order valence-corrected chi connectivity index (χ3v) is 9.31. The summed E-state index contributed by atoms with van der Waals surface area (Å²) in [5.74, 6) is -2.49. The first-order valence-electron chi connectivity index (χ1n) is 13.5. The molecule has 1 saturated carbocycles. The maximum atomic E-state index is 13.7. The Morgan fingerprint density at radius 1 is 0.973 bits per heavy atom. The van der Waals surface area contributed by atoms with Crippen LogP contribution in [0.3, 0.4) is 0 Å². The van der Waals surface area contributed by atoms with Gasteiger partial charge in [0.2, 0.25) is 15.6 Å². The summed E-state index contributed by atoms with van der Waals surface area (Å²) in [5.41, 5.74) is 3.16. The number of nitrogens with one attached hydrogen (secondary N) is 2. The summed E-state index contributed by atoms with van der Waals surface area (Å²) in [6, 6.07) is 0. The number of amides is 4. The van der Waals surface area contributed by atoms with Crippen LogP contribution in [0.1, 0.15) is 89.9 Å². The number of fused-ring (bicyclic) bond motifs is 1. The van der Waals surface area contributed by atoms with Crippen molar-refractivity contribution in [3.63, 3.8) is 0 Å². The molecule has 3 aliphatic rings. The van der Waals surface area contributed by atoms with Gasteiger partial charge in [0.25, 0.3) is 17.7 Å². The number of hydrogen-bond donors (Lipinski definition) is 3. The van der Waals surface area contributed by atoms with Gasteiger partial charge in [-0.05, 0) is 64.2 Å². The Labute approximate surface area is 219 Å². The molecule has 2 aliphatic heterocycles. The zero-order valence-electron chi connectivity index (χ0n) is 21.4. The quantitative estimate of drug-likeness (QED) is 0.362. The van der Waals surface area contributed by atoms with Crippen LogP contribution in [0.15, 0.2) is 12.2 Å². The lowest BCUT2D eigenvalue weighted by Crippen LogP contribution is -2.67. The topological polar surface area (TPSA) is 165 Å². The van der Waals surface area contributed by atoms with Crippen LogP contribution in [-0.2, 0) is 29.1 Å². The van der Waals surface area contributed by atoms with Crippen molar-refractivity contribution < 1.29 is 32.3 Å². The molecule has 0 radical (unpaired) electrons. The summed E-state index contributed by atoms with van der Waals surface area (Å²) >= 11 is 0. The molecule has 208 valence electrons. The lowest BCUT2D eigenvalue weighted by atomic mass is 9.92. The number of hydrogen-bond acceptors (Lipinski definition) is 7. The average Bonchev–Trinajstić information content (AvgIpc) is 3.32. The van der Waals surface area contributed by atoms with Crippen LogP contribution < -0.4 is 15.8 Å². The number of primary amides is 1. The van der Waals surface area contributed by atoms with Crippen LogP contribution in [0.5, 0.6) is 0 Å². The largest absolute Gasteiger partial charge is 0.436 e. The van der Waals surface area contributed by atoms with Crippen molar-refractivity contribution in [2.24, 2.45) is 5.73 Å².